The second-order valence-corrected chi connectivity index (χ2v) is 8.44. The van der Waals surface area contributed by atoms with Gasteiger partial charge in [0.2, 0.25) is 0 Å². The number of aliphatic hydroxyl groups is 1. The summed E-state index contributed by atoms with van der Waals surface area (Å²) in [5, 5.41) is 10.6. The Labute approximate surface area is 160 Å². The molecule has 0 radical (unpaired) electrons. The number of methoxy groups -OCH3 is 1. The van der Waals surface area contributed by atoms with Gasteiger partial charge < -0.3 is 14.7 Å². The van der Waals surface area contributed by atoms with Crippen LogP contribution in [0.25, 0.3) is 10.9 Å². The lowest BCUT2D eigenvalue weighted by molar-refractivity contribution is 0.0922. The average molecular weight is 389 g/mol. The molecule has 150 valence electrons. The second-order valence-electron chi connectivity index (χ2n) is 8.44. The number of aromatic nitrogens is 2. The molecule has 0 amide bonds. The Kier molecular flexibility index (Phi) is 3.69. The monoisotopic (exact) mass is 389 g/mol. The van der Waals surface area contributed by atoms with E-state index in [0.29, 0.717) is 24.3 Å². The Morgan fingerprint density at radius 3 is 2.57 bits per heavy atom. The number of hydrogen-bond donors (Lipinski definition) is 2. The van der Waals surface area contributed by atoms with Crippen LogP contribution in [-0.4, -0.2) is 40.5 Å². The van der Waals surface area contributed by atoms with Crippen molar-refractivity contribution in [3.05, 3.63) is 32.2 Å². The van der Waals surface area contributed by atoms with Gasteiger partial charge in [-0.3, -0.25) is 14.3 Å². The van der Waals surface area contributed by atoms with Crippen LogP contribution in [0.4, 0.5) is 10.1 Å². The van der Waals surface area contributed by atoms with Crippen molar-refractivity contribution in [3.8, 4) is 5.75 Å². The molecule has 2 heterocycles. The Balaban J connectivity index is 1.76. The molecule has 5 rings (SSSR count). The van der Waals surface area contributed by atoms with E-state index >= 15 is 4.39 Å². The number of fused-ring (bicyclic) bond motifs is 1. The third kappa shape index (κ3) is 2.43. The SMILES string of the molecule is COc1c(N2CCC(C3(O)CC3)C2)c(F)c(C)c2c(=O)[nH]c(=O)n(C3CC3)c12. The maximum atomic E-state index is 15.5. The van der Waals surface area contributed by atoms with E-state index in [0.717, 1.165) is 32.1 Å². The molecule has 1 aromatic heterocycles. The van der Waals surface area contributed by atoms with Crippen LogP contribution in [0.15, 0.2) is 9.59 Å². The van der Waals surface area contributed by atoms with E-state index in [4.69, 9.17) is 4.74 Å². The Hall–Kier alpha value is -2.35. The lowest BCUT2D eigenvalue weighted by Crippen LogP contribution is -2.32. The predicted octanol–water partition coefficient (Wildman–Crippen LogP) is 1.83. The highest BCUT2D eigenvalue weighted by atomic mass is 19.1. The Morgan fingerprint density at radius 1 is 1.25 bits per heavy atom. The van der Waals surface area contributed by atoms with Crippen molar-refractivity contribution in [3.63, 3.8) is 0 Å². The summed E-state index contributed by atoms with van der Waals surface area (Å²) in [5.41, 5.74) is -0.820. The van der Waals surface area contributed by atoms with Crippen molar-refractivity contribution in [2.45, 2.75) is 50.7 Å². The number of aromatic amines is 1. The van der Waals surface area contributed by atoms with Crippen molar-refractivity contribution in [2.24, 2.45) is 5.92 Å². The van der Waals surface area contributed by atoms with Crippen LogP contribution in [0.5, 0.6) is 5.75 Å². The van der Waals surface area contributed by atoms with Gasteiger partial charge in [0.1, 0.15) is 11.2 Å². The van der Waals surface area contributed by atoms with Gasteiger partial charge >= 0.3 is 5.69 Å². The maximum Gasteiger partial charge on any atom is 0.329 e. The minimum Gasteiger partial charge on any atom is -0.492 e. The molecule has 2 aliphatic carbocycles. The largest absolute Gasteiger partial charge is 0.492 e. The molecule has 2 N–H and O–H groups in total. The minimum absolute atomic E-state index is 0.00281. The number of H-pyrrole nitrogens is 1. The molecule has 2 saturated carbocycles. The number of nitrogens with zero attached hydrogens (tertiary/aromatic N) is 2. The number of halogens is 1. The number of rotatable bonds is 4. The molecule has 8 heteroatoms. The van der Waals surface area contributed by atoms with E-state index in [1.807, 2.05) is 4.90 Å². The van der Waals surface area contributed by atoms with Crippen molar-refractivity contribution in [1.29, 1.82) is 0 Å². The van der Waals surface area contributed by atoms with E-state index in [1.54, 1.807) is 11.5 Å². The Bertz CT molecular complexity index is 1100. The summed E-state index contributed by atoms with van der Waals surface area (Å²) in [4.78, 5) is 29.3. The van der Waals surface area contributed by atoms with Crippen molar-refractivity contribution in [1.82, 2.24) is 9.55 Å². The zero-order chi connectivity index (χ0) is 19.8. The molecule has 7 nitrogen and oxygen atoms in total. The standard InChI is InChI=1S/C20H24FN3O4/c1-10-13-15(24(12-3-4-12)19(26)22-18(13)25)17(28-2)16(14(10)21)23-8-5-11(9-23)20(27)6-7-20/h11-12,27H,3-9H2,1-2H3,(H,22,25,26). The molecular formula is C20H24FN3O4. The van der Waals surface area contributed by atoms with Gasteiger partial charge in [-0.2, -0.15) is 0 Å². The lowest BCUT2D eigenvalue weighted by atomic mass is 10.00. The van der Waals surface area contributed by atoms with Gasteiger partial charge in [0.15, 0.2) is 11.6 Å². The van der Waals surface area contributed by atoms with E-state index in [9.17, 15) is 14.7 Å². The highest BCUT2D eigenvalue weighted by molar-refractivity contribution is 5.93. The molecule has 3 aliphatic rings. The highest BCUT2D eigenvalue weighted by Gasteiger charge is 2.50. The number of aryl methyl sites for hydroxylation is 1. The van der Waals surface area contributed by atoms with Crippen LogP contribution in [0.2, 0.25) is 0 Å². The minimum atomic E-state index is -0.627. The smallest absolute Gasteiger partial charge is 0.329 e. The fourth-order valence-corrected chi connectivity index (χ4v) is 4.71. The van der Waals surface area contributed by atoms with Crippen LogP contribution in [0, 0.1) is 18.7 Å². The summed E-state index contributed by atoms with van der Waals surface area (Å²) in [6.07, 6.45) is 4.04. The Morgan fingerprint density at radius 2 is 1.96 bits per heavy atom. The molecule has 0 spiro atoms. The van der Waals surface area contributed by atoms with Gasteiger partial charge in [-0.05, 0) is 39.0 Å². The summed E-state index contributed by atoms with van der Waals surface area (Å²) in [6, 6.07) is -0.00281. The van der Waals surface area contributed by atoms with E-state index in [-0.39, 0.29) is 28.7 Å². The molecule has 1 saturated heterocycles. The van der Waals surface area contributed by atoms with Gasteiger partial charge in [-0.15, -0.1) is 0 Å². The molecule has 1 atom stereocenters. The molecule has 1 aromatic carbocycles. The number of ether oxygens (including phenoxy) is 1. The first-order chi connectivity index (χ1) is 13.4. The third-order valence-electron chi connectivity index (χ3n) is 6.63. The summed E-state index contributed by atoms with van der Waals surface area (Å²) in [5.74, 6) is -0.173. The predicted molar refractivity (Wildman–Crippen MR) is 103 cm³/mol. The molecule has 28 heavy (non-hydrogen) atoms. The third-order valence-corrected chi connectivity index (χ3v) is 6.63. The van der Waals surface area contributed by atoms with Crippen molar-refractivity contribution >= 4 is 16.6 Å². The summed E-state index contributed by atoms with van der Waals surface area (Å²) >= 11 is 0. The van der Waals surface area contributed by atoms with E-state index in [1.165, 1.54) is 7.11 Å². The van der Waals surface area contributed by atoms with E-state index in [2.05, 4.69) is 4.98 Å². The summed E-state index contributed by atoms with van der Waals surface area (Å²) < 4.78 is 22.6. The van der Waals surface area contributed by atoms with Crippen molar-refractivity contribution in [2.75, 3.05) is 25.1 Å². The van der Waals surface area contributed by atoms with Gasteiger partial charge in [0.05, 0.1) is 18.1 Å². The van der Waals surface area contributed by atoms with Crippen LogP contribution in [0.3, 0.4) is 0 Å². The van der Waals surface area contributed by atoms with Crippen LogP contribution < -0.4 is 20.9 Å². The molecule has 0 bridgehead atoms. The molecule has 1 unspecified atom stereocenters. The van der Waals surface area contributed by atoms with Crippen LogP contribution in [0.1, 0.15) is 43.7 Å². The highest BCUT2D eigenvalue weighted by Crippen LogP contribution is 2.49. The zero-order valence-electron chi connectivity index (χ0n) is 16.0. The van der Waals surface area contributed by atoms with Gasteiger partial charge in [-0.25, -0.2) is 9.18 Å². The van der Waals surface area contributed by atoms with E-state index < -0.39 is 22.7 Å². The number of benzene rings is 1. The molecular weight excluding hydrogens is 365 g/mol. The first kappa shape index (κ1) is 17.7. The van der Waals surface area contributed by atoms with Gasteiger partial charge in [-0.1, -0.05) is 0 Å². The second kappa shape index (κ2) is 5.83. The number of hydrogen-bond acceptors (Lipinski definition) is 5. The molecule has 1 aliphatic heterocycles. The fraction of sp³-hybridized carbons (Fsp3) is 0.600. The first-order valence-electron chi connectivity index (χ1n) is 9.87. The average Bonchev–Trinajstić information content (AvgIpc) is 3.57. The normalized spacial score (nSPS) is 23.4. The lowest BCUT2D eigenvalue weighted by Gasteiger charge is -2.26. The first-order valence-corrected chi connectivity index (χ1v) is 9.87. The molecule has 3 fully saturated rings. The van der Waals surface area contributed by atoms with Crippen LogP contribution in [-0.2, 0) is 0 Å². The summed E-state index contributed by atoms with van der Waals surface area (Å²) in [7, 11) is 1.44. The zero-order valence-corrected chi connectivity index (χ0v) is 16.0. The van der Waals surface area contributed by atoms with Gasteiger partial charge in [0, 0.05) is 30.6 Å². The summed E-state index contributed by atoms with van der Waals surface area (Å²) in [6.45, 7) is 2.70. The topological polar surface area (TPSA) is 87.6 Å². The number of nitrogens with one attached hydrogen (secondary N) is 1. The molecule has 2 aromatic rings. The van der Waals surface area contributed by atoms with Crippen molar-refractivity contribution < 1.29 is 14.2 Å². The van der Waals surface area contributed by atoms with Gasteiger partial charge in [0.25, 0.3) is 5.56 Å². The fourth-order valence-electron chi connectivity index (χ4n) is 4.71. The quantitative estimate of drug-likeness (QED) is 0.833. The maximum absolute atomic E-state index is 15.5. The van der Waals surface area contributed by atoms with Crippen LogP contribution >= 0.6 is 0 Å². The number of anilines is 1.